The maximum absolute atomic E-state index is 12.7. The summed E-state index contributed by atoms with van der Waals surface area (Å²) in [5.41, 5.74) is 1.08. The molecule has 124 valence electrons. The highest BCUT2D eigenvalue weighted by atomic mass is 19.4. The van der Waals surface area contributed by atoms with Gasteiger partial charge in [-0.3, -0.25) is 0 Å². The number of nitrogens with one attached hydrogen (secondary N) is 1. The summed E-state index contributed by atoms with van der Waals surface area (Å²) in [4.78, 5) is 4.33. The number of H-pyrrole nitrogens is 1. The molecule has 2 aromatic heterocycles. The van der Waals surface area contributed by atoms with E-state index in [2.05, 4.69) is 20.4 Å². The number of hydrogen-bond donors (Lipinski definition) is 1. The molecule has 0 amide bonds. The standard InChI is InChI=1S/C17H10F3N5/c18-17(19,20)12-4-1-3-11(9-12)7-8-13-5-2-6-14(22-13)16-15(10-21)23-25-24-16/h1-9H,(H,23,24,25)/b8-7+. The summed E-state index contributed by atoms with van der Waals surface area (Å²) in [6.45, 7) is 0. The Balaban J connectivity index is 1.88. The Morgan fingerprint density at radius 1 is 1.04 bits per heavy atom. The molecule has 1 N–H and O–H groups in total. The lowest BCUT2D eigenvalue weighted by Gasteiger charge is -2.06. The predicted octanol–water partition coefficient (Wildman–Crippen LogP) is 3.93. The lowest BCUT2D eigenvalue weighted by molar-refractivity contribution is -0.137. The molecule has 0 spiro atoms. The summed E-state index contributed by atoms with van der Waals surface area (Å²) < 4.78 is 38.2. The molecule has 25 heavy (non-hydrogen) atoms. The number of aromatic amines is 1. The first-order valence-electron chi connectivity index (χ1n) is 7.11. The van der Waals surface area contributed by atoms with Crippen LogP contribution in [0.25, 0.3) is 23.5 Å². The normalized spacial score (nSPS) is 11.6. The largest absolute Gasteiger partial charge is 0.416 e. The van der Waals surface area contributed by atoms with Gasteiger partial charge in [-0.05, 0) is 35.9 Å². The van der Waals surface area contributed by atoms with E-state index in [1.54, 1.807) is 30.3 Å². The van der Waals surface area contributed by atoms with Crippen LogP contribution in [0.2, 0.25) is 0 Å². The van der Waals surface area contributed by atoms with Gasteiger partial charge in [0.25, 0.3) is 0 Å². The number of halogens is 3. The fraction of sp³-hybridized carbons (Fsp3) is 0.0588. The van der Waals surface area contributed by atoms with Crippen molar-refractivity contribution < 1.29 is 13.2 Å². The smallest absolute Gasteiger partial charge is 0.247 e. The fourth-order valence-corrected chi connectivity index (χ4v) is 2.16. The molecule has 0 saturated heterocycles. The zero-order chi connectivity index (χ0) is 17.9. The predicted molar refractivity (Wildman–Crippen MR) is 84.7 cm³/mol. The molecule has 1 aromatic carbocycles. The second-order valence-electron chi connectivity index (χ2n) is 5.04. The molecule has 2 heterocycles. The third-order valence-electron chi connectivity index (χ3n) is 3.33. The van der Waals surface area contributed by atoms with Crippen LogP contribution in [0.1, 0.15) is 22.5 Å². The van der Waals surface area contributed by atoms with Gasteiger partial charge in [0.2, 0.25) is 0 Å². The Hall–Kier alpha value is -3.47. The van der Waals surface area contributed by atoms with Crippen molar-refractivity contribution >= 4 is 12.2 Å². The highest BCUT2D eigenvalue weighted by molar-refractivity contribution is 5.70. The molecule has 0 radical (unpaired) electrons. The second-order valence-corrected chi connectivity index (χ2v) is 5.04. The first-order chi connectivity index (χ1) is 12.0. The van der Waals surface area contributed by atoms with E-state index in [9.17, 15) is 13.2 Å². The quantitative estimate of drug-likeness (QED) is 0.783. The van der Waals surface area contributed by atoms with Crippen molar-refractivity contribution in [1.82, 2.24) is 20.4 Å². The molecule has 8 heteroatoms. The number of benzene rings is 1. The summed E-state index contributed by atoms with van der Waals surface area (Å²) in [6, 6.07) is 12.0. The molecule has 5 nitrogen and oxygen atoms in total. The summed E-state index contributed by atoms with van der Waals surface area (Å²) in [5, 5.41) is 18.9. The summed E-state index contributed by atoms with van der Waals surface area (Å²) in [5.74, 6) is 0. The van der Waals surface area contributed by atoms with Gasteiger partial charge in [0.05, 0.1) is 17.0 Å². The van der Waals surface area contributed by atoms with Crippen LogP contribution in [0.5, 0.6) is 0 Å². The minimum absolute atomic E-state index is 0.117. The lowest BCUT2D eigenvalue weighted by Crippen LogP contribution is -2.04. The molecule has 0 unspecified atom stereocenters. The Bertz CT molecular complexity index is 967. The zero-order valence-electron chi connectivity index (χ0n) is 12.6. The second kappa shape index (κ2) is 6.57. The Labute approximate surface area is 140 Å². The Kier molecular flexibility index (Phi) is 4.31. The van der Waals surface area contributed by atoms with Gasteiger partial charge in [-0.2, -0.15) is 28.7 Å². The van der Waals surface area contributed by atoms with E-state index in [1.807, 2.05) is 6.07 Å². The van der Waals surface area contributed by atoms with Crippen LogP contribution < -0.4 is 0 Å². The van der Waals surface area contributed by atoms with E-state index in [0.29, 0.717) is 22.6 Å². The van der Waals surface area contributed by atoms with Crippen LogP contribution in [-0.4, -0.2) is 20.4 Å². The van der Waals surface area contributed by atoms with Crippen LogP contribution in [0.3, 0.4) is 0 Å². The lowest BCUT2D eigenvalue weighted by atomic mass is 10.1. The molecule has 0 atom stereocenters. The van der Waals surface area contributed by atoms with E-state index < -0.39 is 11.7 Å². The van der Waals surface area contributed by atoms with Crippen LogP contribution in [0.4, 0.5) is 13.2 Å². The van der Waals surface area contributed by atoms with Gasteiger partial charge in [-0.25, -0.2) is 4.98 Å². The molecular weight excluding hydrogens is 331 g/mol. The van der Waals surface area contributed by atoms with Crippen LogP contribution in [-0.2, 0) is 6.18 Å². The first kappa shape index (κ1) is 16.4. The molecule has 0 aliphatic heterocycles. The number of alkyl halides is 3. The minimum Gasteiger partial charge on any atom is -0.247 e. The van der Waals surface area contributed by atoms with Gasteiger partial charge in [0.15, 0.2) is 5.69 Å². The highest BCUT2D eigenvalue weighted by Crippen LogP contribution is 2.29. The van der Waals surface area contributed by atoms with Gasteiger partial charge in [-0.1, -0.05) is 24.3 Å². The van der Waals surface area contributed by atoms with Gasteiger partial charge in [-0.15, -0.1) is 5.10 Å². The van der Waals surface area contributed by atoms with Gasteiger partial charge in [0, 0.05) is 0 Å². The number of hydrogen-bond acceptors (Lipinski definition) is 4. The van der Waals surface area contributed by atoms with Crippen molar-refractivity contribution in [3.05, 3.63) is 65.0 Å². The van der Waals surface area contributed by atoms with E-state index in [1.165, 1.54) is 12.1 Å². The number of nitriles is 1. The van der Waals surface area contributed by atoms with Gasteiger partial charge < -0.3 is 0 Å². The van der Waals surface area contributed by atoms with Crippen molar-refractivity contribution in [2.24, 2.45) is 0 Å². The molecule has 0 saturated carbocycles. The monoisotopic (exact) mass is 341 g/mol. The maximum atomic E-state index is 12.7. The highest BCUT2D eigenvalue weighted by Gasteiger charge is 2.30. The van der Waals surface area contributed by atoms with E-state index in [-0.39, 0.29) is 5.69 Å². The maximum Gasteiger partial charge on any atom is 0.416 e. The number of aromatic nitrogens is 4. The molecule has 0 aliphatic rings. The molecule has 3 rings (SSSR count). The molecule has 3 aromatic rings. The van der Waals surface area contributed by atoms with E-state index >= 15 is 0 Å². The summed E-state index contributed by atoms with van der Waals surface area (Å²) >= 11 is 0. The van der Waals surface area contributed by atoms with Crippen LogP contribution in [0, 0.1) is 11.3 Å². The van der Waals surface area contributed by atoms with Gasteiger partial charge >= 0.3 is 6.18 Å². The van der Waals surface area contributed by atoms with Crippen molar-refractivity contribution in [3.63, 3.8) is 0 Å². The van der Waals surface area contributed by atoms with E-state index in [0.717, 1.165) is 12.1 Å². The summed E-state index contributed by atoms with van der Waals surface area (Å²) in [6.07, 6.45) is -1.26. The first-order valence-corrected chi connectivity index (χ1v) is 7.11. The number of rotatable bonds is 3. The average molecular weight is 341 g/mol. The average Bonchev–Trinajstić information content (AvgIpc) is 3.08. The van der Waals surface area contributed by atoms with Crippen molar-refractivity contribution in [1.29, 1.82) is 5.26 Å². The van der Waals surface area contributed by atoms with Crippen LogP contribution in [0.15, 0.2) is 42.5 Å². The van der Waals surface area contributed by atoms with Crippen molar-refractivity contribution in [3.8, 4) is 17.5 Å². The molecule has 0 bridgehead atoms. The van der Waals surface area contributed by atoms with Crippen LogP contribution >= 0.6 is 0 Å². The minimum atomic E-state index is -4.39. The number of nitrogens with zero attached hydrogens (tertiary/aromatic N) is 4. The van der Waals surface area contributed by atoms with Crippen molar-refractivity contribution in [2.45, 2.75) is 6.18 Å². The van der Waals surface area contributed by atoms with Gasteiger partial charge in [0.1, 0.15) is 11.8 Å². The molecule has 0 fully saturated rings. The summed E-state index contributed by atoms with van der Waals surface area (Å²) in [7, 11) is 0. The molecular formula is C17H10F3N5. The molecule has 0 aliphatic carbocycles. The Morgan fingerprint density at radius 2 is 1.84 bits per heavy atom. The Morgan fingerprint density at radius 3 is 2.60 bits per heavy atom. The SMILES string of the molecule is N#Cc1n[nH]nc1-c1cccc(/C=C/c2cccc(C(F)(F)F)c2)n1. The fourth-order valence-electron chi connectivity index (χ4n) is 2.16. The van der Waals surface area contributed by atoms with Crippen molar-refractivity contribution in [2.75, 3.05) is 0 Å². The zero-order valence-corrected chi connectivity index (χ0v) is 12.6. The number of pyridine rings is 1. The third kappa shape index (κ3) is 3.72. The van der Waals surface area contributed by atoms with E-state index in [4.69, 9.17) is 5.26 Å². The third-order valence-corrected chi connectivity index (χ3v) is 3.33. The topological polar surface area (TPSA) is 78.2 Å².